The van der Waals surface area contributed by atoms with E-state index in [1.807, 2.05) is 26.0 Å². The highest BCUT2D eigenvalue weighted by Crippen LogP contribution is 2.08. The highest BCUT2D eigenvalue weighted by Gasteiger charge is 2.12. The Bertz CT molecular complexity index is 440. The van der Waals surface area contributed by atoms with Crippen molar-refractivity contribution in [1.29, 1.82) is 0 Å². The van der Waals surface area contributed by atoms with E-state index < -0.39 is 0 Å². The molecule has 20 heavy (non-hydrogen) atoms. The molecule has 1 amide bonds. The van der Waals surface area contributed by atoms with E-state index in [0.29, 0.717) is 12.0 Å². The van der Waals surface area contributed by atoms with Crippen LogP contribution in [0.4, 0.5) is 0 Å². The Balaban J connectivity index is 2.40. The fourth-order valence-electron chi connectivity index (χ4n) is 1.94. The van der Waals surface area contributed by atoms with Crippen molar-refractivity contribution in [1.82, 2.24) is 5.32 Å². The third-order valence-electron chi connectivity index (χ3n) is 3.29. The molecule has 4 heteroatoms. The number of amides is 1. The summed E-state index contributed by atoms with van der Waals surface area (Å²) in [4.78, 5) is 23.7. The van der Waals surface area contributed by atoms with Crippen molar-refractivity contribution in [2.75, 3.05) is 6.61 Å². The van der Waals surface area contributed by atoms with E-state index in [1.165, 1.54) is 0 Å². The molecule has 1 atom stereocenters. The van der Waals surface area contributed by atoms with Crippen molar-refractivity contribution in [3.8, 4) is 0 Å². The van der Waals surface area contributed by atoms with Crippen molar-refractivity contribution in [3.05, 3.63) is 35.4 Å². The molecule has 2 N–H and O–H groups in total. The van der Waals surface area contributed by atoms with Gasteiger partial charge < -0.3 is 10.4 Å². The molecule has 0 aromatic heterocycles. The van der Waals surface area contributed by atoms with Crippen LogP contribution in [0.15, 0.2) is 24.3 Å². The summed E-state index contributed by atoms with van der Waals surface area (Å²) in [6, 6.07) is 7.34. The maximum Gasteiger partial charge on any atom is 0.220 e. The first kappa shape index (κ1) is 16.4. The number of nitrogens with one attached hydrogen (secondary N) is 1. The molecular formula is C16H23NO3. The highest BCUT2D eigenvalue weighted by molar-refractivity contribution is 5.97. The zero-order chi connectivity index (χ0) is 15.0. The summed E-state index contributed by atoms with van der Waals surface area (Å²) in [5, 5.41) is 11.7. The topological polar surface area (TPSA) is 66.4 Å². The van der Waals surface area contributed by atoms with Gasteiger partial charge in [-0.1, -0.05) is 36.8 Å². The van der Waals surface area contributed by atoms with Crippen LogP contribution in [0.1, 0.15) is 48.5 Å². The average Bonchev–Trinajstić information content (AvgIpc) is 2.45. The highest BCUT2D eigenvalue weighted by atomic mass is 16.3. The number of hydrogen-bond acceptors (Lipinski definition) is 3. The van der Waals surface area contributed by atoms with Crippen LogP contribution < -0.4 is 5.32 Å². The number of Topliss-reactive ketones (excluding diaryl/α,β-unsaturated/α-hetero) is 1. The molecule has 0 radical (unpaired) electrons. The second kappa shape index (κ2) is 8.48. The van der Waals surface area contributed by atoms with Crippen LogP contribution in [-0.2, 0) is 4.79 Å². The van der Waals surface area contributed by atoms with Gasteiger partial charge in [0.15, 0.2) is 5.78 Å². The van der Waals surface area contributed by atoms with Crippen molar-refractivity contribution in [2.24, 2.45) is 0 Å². The monoisotopic (exact) mass is 277 g/mol. The molecular weight excluding hydrogens is 254 g/mol. The van der Waals surface area contributed by atoms with E-state index in [2.05, 4.69) is 5.32 Å². The van der Waals surface area contributed by atoms with Crippen molar-refractivity contribution < 1.29 is 14.7 Å². The van der Waals surface area contributed by atoms with Crippen LogP contribution in [0.5, 0.6) is 0 Å². The molecule has 0 aliphatic rings. The Hall–Kier alpha value is -1.68. The largest absolute Gasteiger partial charge is 0.396 e. The molecule has 1 aromatic carbocycles. The number of ketones is 1. The van der Waals surface area contributed by atoms with Gasteiger partial charge >= 0.3 is 0 Å². The molecule has 4 nitrogen and oxygen atoms in total. The molecule has 1 aromatic rings. The quantitative estimate of drug-likeness (QED) is 0.716. The summed E-state index contributed by atoms with van der Waals surface area (Å²) in [5.41, 5.74) is 1.75. The molecule has 0 spiro atoms. The van der Waals surface area contributed by atoms with Gasteiger partial charge in [0.05, 0.1) is 0 Å². The Morgan fingerprint density at radius 2 is 1.85 bits per heavy atom. The molecule has 0 heterocycles. The first-order valence-corrected chi connectivity index (χ1v) is 7.07. The minimum Gasteiger partial charge on any atom is -0.396 e. The fourth-order valence-corrected chi connectivity index (χ4v) is 1.94. The van der Waals surface area contributed by atoms with E-state index in [0.717, 1.165) is 12.0 Å². The van der Waals surface area contributed by atoms with Crippen LogP contribution in [0.2, 0.25) is 0 Å². The average molecular weight is 277 g/mol. The molecule has 0 saturated carbocycles. The summed E-state index contributed by atoms with van der Waals surface area (Å²) in [6.45, 7) is 3.98. The van der Waals surface area contributed by atoms with Crippen LogP contribution in [-0.4, -0.2) is 29.4 Å². The summed E-state index contributed by atoms with van der Waals surface area (Å²) >= 11 is 0. The van der Waals surface area contributed by atoms with Crippen LogP contribution in [0.3, 0.4) is 0 Å². The normalized spacial score (nSPS) is 11.9. The van der Waals surface area contributed by atoms with Gasteiger partial charge in [0.2, 0.25) is 5.91 Å². The van der Waals surface area contributed by atoms with Gasteiger partial charge in [0.1, 0.15) is 0 Å². The third-order valence-corrected chi connectivity index (χ3v) is 3.29. The van der Waals surface area contributed by atoms with Crippen molar-refractivity contribution in [3.63, 3.8) is 0 Å². The third kappa shape index (κ3) is 5.53. The Kier molecular flexibility index (Phi) is 6.94. The van der Waals surface area contributed by atoms with E-state index in [9.17, 15) is 9.59 Å². The Morgan fingerprint density at radius 1 is 1.20 bits per heavy atom. The lowest BCUT2D eigenvalue weighted by Gasteiger charge is -2.15. The predicted molar refractivity (Wildman–Crippen MR) is 78.7 cm³/mol. The van der Waals surface area contributed by atoms with E-state index in [4.69, 9.17) is 5.11 Å². The molecule has 0 saturated heterocycles. The summed E-state index contributed by atoms with van der Waals surface area (Å²) in [5.74, 6) is -0.152. The molecule has 0 aliphatic carbocycles. The number of rotatable bonds is 8. The molecule has 0 aliphatic heterocycles. The van der Waals surface area contributed by atoms with E-state index in [1.54, 1.807) is 12.1 Å². The summed E-state index contributed by atoms with van der Waals surface area (Å²) < 4.78 is 0. The first-order chi connectivity index (χ1) is 9.56. The van der Waals surface area contributed by atoms with Gasteiger partial charge in [-0.05, 0) is 19.8 Å². The number of hydrogen-bond donors (Lipinski definition) is 2. The smallest absolute Gasteiger partial charge is 0.220 e. The van der Waals surface area contributed by atoms with Crippen molar-refractivity contribution >= 4 is 11.7 Å². The maximum atomic E-state index is 11.9. The molecule has 110 valence electrons. The zero-order valence-electron chi connectivity index (χ0n) is 12.2. The lowest BCUT2D eigenvalue weighted by Crippen LogP contribution is -2.35. The SMILES string of the molecule is CCC(CCO)NC(=O)CCC(=O)c1ccc(C)cc1. The van der Waals surface area contributed by atoms with Crippen LogP contribution in [0, 0.1) is 6.92 Å². The van der Waals surface area contributed by atoms with Gasteiger partial charge in [0, 0.05) is 31.1 Å². The minimum absolute atomic E-state index is 0.0121. The lowest BCUT2D eigenvalue weighted by molar-refractivity contribution is -0.121. The molecule has 0 fully saturated rings. The number of carbonyl (C=O) groups is 2. The minimum atomic E-state index is -0.134. The zero-order valence-corrected chi connectivity index (χ0v) is 12.2. The first-order valence-electron chi connectivity index (χ1n) is 7.07. The summed E-state index contributed by atoms with van der Waals surface area (Å²) in [7, 11) is 0. The second-order valence-electron chi connectivity index (χ2n) is 4.97. The lowest BCUT2D eigenvalue weighted by atomic mass is 10.0. The van der Waals surface area contributed by atoms with E-state index in [-0.39, 0.29) is 37.2 Å². The standard InChI is InChI=1S/C16H23NO3/c1-3-14(10-11-18)17-16(20)9-8-15(19)13-6-4-12(2)5-7-13/h4-7,14,18H,3,8-11H2,1-2H3,(H,17,20). The predicted octanol–water partition coefficient (Wildman–Crippen LogP) is 2.24. The van der Waals surface area contributed by atoms with Gasteiger partial charge in [-0.25, -0.2) is 0 Å². The van der Waals surface area contributed by atoms with Crippen molar-refractivity contribution in [2.45, 2.75) is 45.6 Å². The van der Waals surface area contributed by atoms with Crippen LogP contribution in [0.25, 0.3) is 0 Å². The second-order valence-corrected chi connectivity index (χ2v) is 4.97. The molecule has 1 unspecified atom stereocenters. The summed E-state index contributed by atoms with van der Waals surface area (Å²) in [6.07, 6.45) is 1.73. The number of carbonyl (C=O) groups excluding carboxylic acids is 2. The fraction of sp³-hybridized carbons (Fsp3) is 0.500. The van der Waals surface area contributed by atoms with E-state index >= 15 is 0 Å². The van der Waals surface area contributed by atoms with Gasteiger partial charge in [-0.2, -0.15) is 0 Å². The number of aryl methyl sites for hydroxylation is 1. The molecule has 0 bridgehead atoms. The Morgan fingerprint density at radius 3 is 2.40 bits per heavy atom. The van der Waals surface area contributed by atoms with Gasteiger partial charge in [-0.3, -0.25) is 9.59 Å². The number of aliphatic hydroxyl groups excluding tert-OH is 1. The number of benzene rings is 1. The number of aliphatic hydroxyl groups is 1. The van der Waals surface area contributed by atoms with Gasteiger partial charge in [0.25, 0.3) is 0 Å². The van der Waals surface area contributed by atoms with Gasteiger partial charge in [-0.15, -0.1) is 0 Å². The maximum absolute atomic E-state index is 11.9. The van der Waals surface area contributed by atoms with Crippen LogP contribution >= 0.6 is 0 Å². The molecule has 1 rings (SSSR count). The Labute approximate surface area is 120 Å².